The van der Waals surface area contributed by atoms with Crippen LogP contribution in [0.3, 0.4) is 0 Å². The van der Waals surface area contributed by atoms with Crippen molar-refractivity contribution in [2.24, 2.45) is 7.05 Å². The van der Waals surface area contributed by atoms with Crippen molar-refractivity contribution in [3.05, 3.63) is 71.7 Å². The van der Waals surface area contributed by atoms with Gasteiger partial charge in [-0.25, -0.2) is 4.39 Å². The maximum atomic E-state index is 13.5. The smallest absolute Gasteiger partial charge is 0.354 e. The average molecular weight is 515 g/mol. The lowest BCUT2D eigenvalue weighted by atomic mass is 10.00. The van der Waals surface area contributed by atoms with Gasteiger partial charge in [0.1, 0.15) is 11.5 Å². The molecule has 3 heterocycles. The van der Waals surface area contributed by atoms with Crippen LogP contribution in [0.2, 0.25) is 0 Å². The zero-order chi connectivity index (χ0) is 28.1. The van der Waals surface area contributed by atoms with Crippen LogP contribution in [0.25, 0.3) is 22.2 Å². The number of alkyl halides is 3. The summed E-state index contributed by atoms with van der Waals surface area (Å²) < 4.78 is 73.3. The number of anilines is 1. The molecule has 1 amide bonds. The highest BCUT2D eigenvalue weighted by Crippen LogP contribution is 2.35. The van der Waals surface area contributed by atoms with Gasteiger partial charge in [-0.1, -0.05) is 24.3 Å². The number of aromatic nitrogens is 4. The van der Waals surface area contributed by atoms with Gasteiger partial charge in [0.2, 0.25) is 0 Å². The zero-order valence-corrected chi connectivity index (χ0v) is 20.0. The van der Waals surface area contributed by atoms with Gasteiger partial charge in [-0.2, -0.15) is 18.3 Å². The van der Waals surface area contributed by atoms with Crippen molar-refractivity contribution in [1.29, 1.82) is 0 Å². The number of hydrogen-bond acceptors (Lipinski definition) is 5. The van der Waals surface area contributed by atoms with Gasteiger partial charge in [0.25, 0.3) is 5.91 Å². The number of amides is 1. The quantitative estimate of drug-likeness (QED) is 0.362. The molecule has 1 fully saturated rings. The first-order chi connectivity index (χ1) is 18.4. The fourth-order valence-corrected chi connectivity index (χ4v) is 4.56. The van der Waals surface area contributed by atoms with Crippen LogP contribution in [-0.2, 0) is 13.2 Å². The average Bonchev–Trinajstić information content (AvgIpc) is 3.31. The third-order valence-electron chi connectivity index (χ3n) is 6.58. The van der Waals surface area contributed by atoms with Crippen LogP contribution in [0, 0.1) is 5.82 Å². The molecule has 0 saturated carbocycles. The summed E-state index contributed by atoms with van der Waals surface area (Å²) >= 11 is 0. The minimum atomic E-state index is -4.92. The zero-order valence-electron chi connectivity index (χ0n) is 22.0. The van der Waals surface area contributed by atoms with E-state index < -0.39 is 41.6 Å². The van der Waals surface area contributed by atoms with Crippen molar-refractivity contribution >= 4 is 22.5 Å². The molecule has 0 radical (unpaired) electrons. The molecular weight excluding hydrogens is 488 g/mol. The Kier molecular flexibility index (Phi) is 5.67. The Labute approximate surface area is 213 Å². The van der Waals surface area contributed by atoms with Gasteiger partial charge in [-0.05, 0) is 37.1 Å². The van der Waals surface area contributed by atoms with E-state index in [0.717, 1.165) is 28.1 Å². The van der Waals surface area contributed by atoms with E-state index in [1.54, 1.807) is 24.0 Å². The Hall–Kier alpha value is -4.02. The van der Waals surface area contributed by atoms with Crippen molar-refractivity contribution in [3.63, 3.8) is 0 Å². The monoisotopic (exact) mass is 514 g/mol. The highest BCUT2D eigenvalue weighted by atomic mass is 19.4. The van der Waals surface area contributed by atoms with Crippen molar-refractivity contribution in [1.82, 2.24) is 24.9 Å². The normalized spacial score (nSPS) is 18.4. The van der Waals surface area contributed by atoms with Crippen LogP contribution in [0.4, 0.5) is 23.4 Å². The lowest BCUT2D eigenvalue weighted by molar-refractivity contribution is -0.138. The van der Waals surface area contributed by atoms with Crippen LogP contribution in [0.15, 0.2) is 54.7 Å². The van der Waals surface area contributed by atoms with Crippen molar-refractivity contribution in [2.75, 3.05) is 25.0 Å². The van der Waals surface area contributed by atoms with E-state index in [1.807, 2.05) is 24.3 Å². The SMILES string of the molecule is [2H]C1([2H])CC(N(C)C(=O)c2ccc(F)cc2C(F)(F)F)CCN1c1nnc(-c2ccnn2C)c2ccccc12. The second-order valence-corrected chi connectivity index (χ2v) is 8.82. The molecular formula is C26H24F4N6O. The summed E-state index contributed by atoms with van der Waals surface area (Å²) in [5, 5.41) is 14.4. The molecule has 1 atom stereocenters. The number of rotatable bonds is 4. The van der Waals surface area contributed by atoms with Crippen LogP contribution in [-0.4, -0.2) is 56.9 Å². The topological polar surface area (TPSA) is 67.2 Å². The highest BCUT2D eigenvalue weighted by Gasteiger charge is 2.37. The first-order valence-electron chi connectivity index (χ1n) is 12.5. The van der Waals surface area contributed by atoms with Crippen molar-refractivity contribution in [2.45, 2.75) is 25.1 Å². The summed E-state index contributed by atoms with van der Waals surface area (Å²) in [6.07, 6.45) is -3.20. The van der Waals surface area contributed by atoms with E-state index in [2.05, 4.69) is 15.3 Å². The van der Waals surface area contributed by atoms with Crippen molar-refractivity contribution < 1.29 is 25.1 Å². The summed E-state index contributed by atoms with van der Waals surface area (Å²) in [4.78, 5) is 15.7. The molecule has 2 aromatic heterocycles. The standard InChI is InChI=1S/C26H24F4N6O/c1-34(25(37)20-8-7-16(27)15-21(20)26(28,29)30)17-10-13-36(14-11-17)24-19-6-4-3-5-18(19)23(32-33-24)22-9-12-31-35(22)2/h3-9,12,15,17H,10-11,13-14H2,1-2H3/i13D2. The minimum Gasteiger partial charge on any atom is -0.354 e. The van der Waals surface area contributed by atoms with Crippen molar-refractivity contribution in [3.8, 4) is 11.4 Å². The van der Waals surface area contributed by atoms with Gasteiger partial charge in [-0.15, -0.1) is 10.2 Å². The number of aryl methyl sites for hydroxylation is 1. The summed E-state index contributed by atoms with van der Waals surface area (Å²) in [7, 11) is 3.12. The first kappa shape index (κ1) is 22.2. The predicted octanol–water partition coefficient (Wildman–Crippen LogP) is 4.93. The van der Waals surface area contributed by atoms with Gasteiger partial charge >= 0.3 is 6.18 Å². The molecule has 1 saturated heterocycles. The molecule has 1 aliphatic heterocycles. The Morgan fingerprint density at radius 1 is 1.11 bits per heavy atom. The first-order valence-corrected chi connectivity index (χ1v) is 11.5. The van der Waals surface area contributed by atoms with E-state index in [1.165, 1.54) is 11.9 Å². The molecule has 0 aliphatic carbocycles. The molecule has 0 N–H and O–H groups in total. The summed E-state index contributed by atoms with van der Waals surface area (Å²) in [5.74, 6) is -1.73. The van der Waals surface area contributed by atoms with Gasteiger partial charge in [0, 0.05) is 52.9 Å². The molecule has 37 heavy (non-hydrogen) atoms. The molecule has 0 bridgehead atoms. The van der Waals surface area contributed by atoms with Gasteiger partial charge in [-0.3, -0.25) is 9.48 Å². The maximum absolute atomic E-state index is 13.5. The highest BCUT2D eigenvalue weighted by molar-refractivity contribution is 6.00. The number of halogens is 4. The number of carbonyl (C=O) groups excluding carboxylic acids is 1. The number of fused-ring (bicyclic) bond motifs is 1. The lowest BCUT2D eigenvalue weighted by Gasteiger charge is -2.37. The predicted molar refractivity (Wildman–Crippen MR) is 130 cm³/mol. The van der Waals surface area contributed by atoms with Gasteiger partial charge in [0.05, 0.1) is 16.8 Å². The lowest BCUT2D eigenvalue weighted by Crippen LogP contribution is -2.46. The molecule has 5 rings (SSSR count). The van der Waals surface area contributed by atoms with Crippen LogP contribution in [0.1, 0.15) is 31.5 Å². The molecule has 7 nitrogen and oxygen atoms in total. The Morgan fingerprint density at radius 2 is 1.86 bits per heavy atom. The third kappa shape index (κ3) is 4.61. The second-order valence-electron chi connectivity index (χ2n) is 8.82. The number of nitrogens with zero attached hydrogens (tertiary/aromatic N) is 6. The number of piperidine rings is 1. The van der Waals surface area contributed by atoms with Crippen LogP contribution in [0.5, 0.6) is 0 Å². The molecule has 1 unspecified atom stereocenters. The Balaban J connectivity index is 1.44. The van der Waals surface area contributed by atoms with E-state index >= 15 is 0 Å². The number of carbonyl (C=O) groups is 1. The molecule has 0 spiro atoms. The van der Waals surface area contributed by atoms with Crippen LogP contribution >= 0.6 is 0 Å². The van der Waals surface area contributed by atoms with E-state index in [9.17, 15) is 22.4 Å². The largest absolute Gasteiger partial charge is 0.417 e. The molecule has 1 aliphatic rings. The maximum Gasteiger partial charge on any atom is 0.417 e. The van der Waals surface area contributed by atoms with Gasteiger partial charge in [0.15, 0.2) is 5.82 Å². The Morgan fingerprint density at radius 3 is 2.54 bits per heavy atom. The molecule has 11 heteroatoms. The third-order valence-corrected chi connectivity index (χ3v) is 6.58. The fourth-order valence-electron chi connectivity index (χ4n) is 4.56. The summed E-state index contributed by atoms with van der Waals surface area (Å²) in [6, 6.07) is 10.4. The molecule has 192 valence electrons. The molecule has 2 aromatic carbocycles. The fraction of sp³-hybridized carbons (Fsp3) is 0.308. The molecule has 4 aromatic rings. The Bertz CT molecular complexity index is 1560. The van der Waals surface area contributed by atoms with E-state index in [-0.39, 0.29) is 19.4 Å². The van der Waals surface area contributed by atoms with Gasteiger partial charge < -0.3 is 9.80 Å². The minimum absolute atomic E-state index is 0.133. The summed E-state index contributed by atoms with van der Waals surface area (Å²) in [6.45, 7) is -1.87. The van der Waals surface area contributed by atoms with E-state index in [4.69, 9.17) is 2.74 Å². The summed E-state index contributed by atoms with van der Waals surface area (Å²) in [5.41, 5.74) is -0.715. The van der Waals surface area contributed by atoms with E-state index in [0.29, 0.717) is 23.0 Å². The van der Waals surface area contributed by atoms with Crippen LogP contribution < -0.4 is 4.90 Å². The number of benzene rings is 2. The second kappa shape index (κ2) is 9.45. The number of hydrogen-bond donors (Lipinski definition) is 0.